The van der Waals surface area contributed by atoms with Gasteiger partial charge in [0, 0.05) is 16.7 Å². The molecule has 1 aliphatic rings. The molecular formula is C15H15BrN2O2S. The zero-order valence-corrected chi connectivity index (χ0v) is 13.9. The molecule has 2 aromatic rings. The second-order valence-electron chi connectivity index (χ2n) is 5.06. The van der Waals surface area contributed by atoms with Crippen LogP contribution in [0, 0.1) is 6.92 Å². The van der Waals surface area contributed by atoms with Gasteiger partial charge >= 0.3 is 0 Å². The van der Waals surface area contributed by atoms with Gasteiger partial charge in [-0.25, -0.2) is 8.42 Å². The zero-order valence-electron chi connectivity index (χ0n) is 11.5. The van der Waals surface area contributed by atoms with Gasteiger partial charge in [0.15, 0.2) is 0 Å². The molecule has 0 atom stereocenters. The summed E-state index contributed by atoms with van der Waals surface area (Å²) in [5.74, 6) is 0. The number of nitrogens with one attached hydrogen (secondary N) is 2. The van der Waals surface area contributed by atoms with E-state index in [1.807, 2.05) is 25.1 Å². The molecule has 0 amide bonds. The Bertz CT molecular complexity index is 803. The van der Waals surface area contributed by atoms with Gasteiger partial charge in [0.05, 0.1) is 10.6 Å². The van der Waals surface area contributed by atoms with Crippen LogP contribution in [0.3, 0.4) is 0 Å². The van der Waals surface area contributed by atoms with Gasteiger partial charge in [-0.15, -0.1) is 0 Å². The predicted octanol–water partition coefficient (Wildman–Crippen LogP) is 3.53. The highest BCUT2D eigenvalue weighted by molar-refractivity contribution is 9.10. The molecule has 21 heavy (non-hydrogen) atoms. The van der Waals surface area contributed by atoms with Crippen LogP contribution < -0.4 is 10.0 Å². The number of halogens is 1. The van der Waals surface area contributed by atoms with Crippen LogP contribution >= 0.6 is 15.9 Å². The van der Waals surface area contributed by atoms with E-state index in [1.165, 1.54) is 0 Å². The second kappa shape index (κ2) is 5.35. The van der Waals surface area contributed by atoms with E-state index >= 15 is 0 Å². The monoisotopic (exact) mass is 366 g/mol. The summed E-state index contributed by atoms with van der Waals surface area (Å²) >= 11 is 3.37. The highest BCUT2D eigenvalue weighted by Crippen LogP contribution is 2.27. The minimum Gasteiger partial charge on any atom is -0.384 e. The summed E-state index contributed by atoms with van der Waals surface area (Å²) in [6.45, 7) is 2.73. The third-order valence-corrected chi connectivity index (χ3v) is 5.39. The molecule has 3 rings (SSSR count). The molecule has 0 bridgehead atoms. The van der Waals surface area contributed by atoms with E-state index in [4.69, 9.17) is 0 Å². The molecular weight excluding hydrogens is 352 g/mol. The largest absolute Gasteiger partial charge is 0.384 e. The molecule has 6 heteroatoms. The van der Waals surface area contributed by atoms with Crippen LogP contribution in [-0.2, 0) is 16.4 Å². The Hall–Kier alpha value is -1.53. The van der Waals surface area contributed by atoms with E-state index in [0.717, 1.165) is 34.3 Å². The number of rotatable bonds is 3. The van der Waals surface area contributed by atoms with Crippen molar-refractivity contribution in [3.8, 4) is 0 Å². The predicted molar refractivity (Wildman–Crippen MR) is 88.3 cm³/mol. The molecule has 0 saturated carbocycles. The lowest BCUT2D eigenvalue weighted by Gasteiger charge is -2.12. The van der Waals surface area contributed by atoms with Crippen LogP contribution in [0.1, 0.15) is 11.1 Å². The highest BCUT2D eigenvalue weighted by Gasteiger charge is 2.19. The summed E-state index contributed by atoms with van der Waals surface area (Å²) in [4.78, 5) is 0.298. The normalized spacial score (nSPS) is 13.6. The number of anilines is 2. The summed E-state index contributed by atoms with van der Waals surface area (Å²) in [5, 5.41) is 3.22. The van der Waals surface area contributed by atoms with E-state index < -0.39 is 10.0 Å². The summed E-state index contributed by atoms with van der Waals surface area (Å²) in [5.41, 5.74) is 3.53. The van der Waals surface area contributed by atoms with Crippen LogP contribution in [0.5, 0.6) is 0 Å². The van der Waals surface area contributed by atoms with Crippen LogP contribution in [-0.4, -0.2) is 15.0 Å². The third-order valence-electron chi connectivity index (χ3n) is 3.53. The van der Waals surface area contributed by atoms with Crippen molar-refractivity contribution in [1.29, 1.82) is 0 Å². The lowest BCUT2D eigenvalue weighted by molar-refractivity contribution is 0.601. The first-order chi connectivity index (χ1) is 9.95. The van der Waals surface area contributed by atoms with Gasteiger partial charge in [0.2, 0.25) is 0 Å². The Labute approximate surface area is 132 Å². The Morgan fingerprint density at radius 3 is 2.76 bits per heavy atom. The van der Waals surface area contributed by atoms with Crippen LogP contribution in [0.4, 0.5) is 11.4 Å². The first-order valence-electron chi connectivity index (χ1n) is 6.61. The van der Waals surface area contributed by atoms with Crippen molar-refractivity contribution in [2.24, 2.45) is 0 Å². The Kier molecular flexibility index (Phi) is 3.67. The van der Waals surface area contributed by atoms with Gasteiger partial charge in [0.1, 0.15) is 0 Å². The van der Waals surface area contributed by atoms with Crippen molar-refractivity contribution in [2.45, 2.75) is 18.2 Å². The van der Waals surface area contributed by atoms with Crippen molar-refractivity contribution in [1.82, 2.24) is 0 Å². The van der Waals surface area contributed by atoms with E-state index in [1.54, 1.807) is 18.2 Å². The molecule has 0 radical (unpaired) electrons. The third kappa shape index (κ3) is 2.91. The summed E-state index contributed by atoms with van der Waals surface area (Å²) in [6, 6.07) is 10.7. The number of aryl methyl sites for hydroxylation is 1. The molecule has 1 heterocycles. The molecule has 4 nitrogen and oxygen atoms in total. The quantitative estimate of drug-likeness (QED) is 0.873. The van der Waals surface area contributed by atoms with Crippen molar-refractivity contribution in [2.75, 3.05) is 16.6 Å². The van der Waals surface area contributed by atoms with Gasteiger partial charge in [-0.1, -0.05) is 15.9 Å². The zero-order chi connectivity index (χ0) is 15.0. The number of sulfonamides is 1. The topological polar surface area (TPSA) is 58.2 Å². The van der Waals surface area contributed by atoms with E-state index in [2.05, 4.69) is 26.0 Å². The van der Waals surface area contributed by atoms with Crippen LogP contribution in [0.2, 0.25) is 0 Å². The Morgan fingerprint density at radius 1 is 1.19 bits per heavy atom. The van der Waals surface area contributed by atoms with E-state index in [9.17, 15) is 8.42 Å². The SMILES string of the molecule is Cc1cc(Br)ccc1NS(=O)(=O)c1ccc2c(c1)CCN2. The average molecular weight is 367 g/mol. The van der Waals surface area contributed by atoms with E-state index in [-0.39, 0.29) is 0 Å². The van der Waals surface area contributed by atoms with Gasteiger partial charge in [-0.3, -0.25) is 4.72 Å². The van der Waals surface area contributed by atoms with Gasteiger partial charge in [-0.05, 0) is 60.9 Å². The van der Waals surface area contributed by atoms with Gasteiger partial charge < -0.3 is 5.32 Å². The fraction of sp³-hybridized carbons (Fsp3) is 0.200. The minimum absolute atomic E-state index is 0.298. The maximum atomic E-state index is 12.5. The molecule has 0 fully saturated rings. The van der Waals surface area contributed by atoms with Crippen molar-refractivity contribution in [3.63, 3.8) is 0 Å². The lowest BCUT2D eigenvalue weighted by atomic mass is 10.2. The van der Waals surface area contributed by atoms with Crippen molar-refractivity contribution >= 4 is 37.3 Å². The summed E-state index contributed by atoms with van der Waals surface area (Å²) in [6.07, 6.45) is 0.857. The number of hydrogen-bond donors (Lipinski definition) is 2. The van der Waals surface area contributed by atoms with E-state index in [0.29, 0.717) is 10.6 Å². The second-order valence-corrected chi connectivity index (χ2v) is 7.66. The fourth-order valence-corrected chi connectivity index (χ4v) is 4.05. The molecule has 2 aromatic carbocycles. The summed E-state index contributed by atoms with van der Waals surface area (Å²) < 4.78 is 28.6. The van der Waals surface area contributed by atoms with Crippen molar-refractivity contribution in [3.05, 3.63) is 52.0 Å². The Balaban J connectivity index is 1.93. The fourth-order valence-electron chi connectivity index (χ4n) is 2.39. The summed E-state index contributed by atoms with van der Waals surface area (Å²) in [7, 11) is -3.56. The molecule has 0 aliphatic carbocycles. The van der Waals surface area contributed by atoms with Crippen LogP contribution in [0.25, 0.3) is 0 Å². The molecule has 0 unspecified atom stereocenters. The van der Waals surface area contributed by atoms with Gasteiger partial charge in [0.25, 0.3) is 10.0 Å². The molecule has 0 aromatic heterocycles. The smallest absolute Gasteiger partial charge is 0.261 e. The van der Waals surface area contributed by atoms with Crippen LogP contribution in [0.15, 0.2) is 45.8 Å². The maximum Gasteiger partial charge on any atom is 0.261 e. The molecule has 110 valence electrons. The first kappa shape index (κ1) is 14.4. The number of fused-ring (bicyclic) bond motifs is 1. The number of benzene rings is 2. The molecule has 0 saturated heterocycles. The first-order valence-corrected chi connectivity index (χ1v) is 8.89. The molecule has 1 aliphatic heterocycles. The number of hydrogen-bond acceptors (Lipinski definition) is 3. The van der Waals surface area contributed by atoms with Gasteiger partial charge in [-0.2, -0.15) is 0 Å². The van der Waals surface area contributed by atoms with Crippen molar-refractivity contribution < 1.29 is 8.42 Å². The standard InChI is InChI=1S/C15H15BrN2O2S/c1-10-8-12(16)2-4-14(10)18-21(19,20)13-3-5-15-11(9-13)6-7-17-15/h2-5,8-9,17-18H,6-7H2,1H3. The highest BCUT2D eigenvalue weighted by atomic mass is 79.9. The molecule has 0 spiro atoms. The minimum atomic E-state index is -3.56. The lowest BCUT2D eigenvalue weighted by Crippen LogP contribution is -2.14. The maximum absolute atomic E-state index is 12.5. The molecule has 2 N–H and O–H groups in total. The Morgan fingerprint density at radius 2 is 2.00 bits per heavy atom. The average Bonchev–Trinajstić information content (AvgIpc) is 2.89.